The molecule has 11 heteroatoms. The van der Waals surface area contributed by atoms with Crippen molar-refractivity contribution in [2.45, 2.75) is 50.3 Å². The lowest BCUT2D eigenvalue weighted by Gasteiger charge is -2.41. The SMILES string of the molecule is CC1C(CSc2nnnn2C)OC(c2ccc(-c3cccc(CNC(=O)NCc4ccccc4)c3)cc2)OC1c1ccc(CO)cc1. The third kappa shape index (κ3) is 8.25. The van der Waals surface area contributed by atoms with Gasteiger partial charge in [0.15, 0.2) is 6.29 Å². The first-order valence-corrected chi connectivity index (χ1v) is 16.6. The van der Waals surface area contributed by atoms with Crippen LogP contribution in [0.5, 0.6) is 0 Å². The number of aryl methyl sites for hydroxylation is 1. The van der Waals surface area contributed by atoms with Crippen LogP contribution in [-0.4, -0.2) is 43.2 Å². The van der Waals surface area contributed by atoms with E-state index in [0.717, 1.165) is 44.1 Å². The fraction of sp³-hybridized carbons (Fsp3) is 0.278. The van der Waals surface area contributed by atoms with Crippen LogP contribution in [0.1, 0.15) is 47.1 Å². The quantitative estimate of drug-likeness (QED) is 0.150. The topological polar surface area (TPSA) is 123 Å². The minimum atomic E-state index is -0.573. The number of thioether (sulfide) groups is 1. The second-order valence-corrected chi connectivity index (χ2v) is 12.5. The number of hydrogen-bond acceptors (Lipinski definition) is 8. The smallest absolute Gasteiger partial charge is 0.315 e. The highest BCUT2D eigenvalue weighted by Crippen LogP contribution is 2.43. The van der Waals surface area contributed by atoms with Crippen molar-refractivity contribution in [3.05, 3.63) is 131 Å². The van der Waals surface area contributed by atoms with Gasteiger partial charge < -0.3 is 25.2 Å². The summed E-state index contributed by atoms with van der Waals surface area (Å²) in [6.45, 7) is 3.02. The van der Waals surface area contributed by atoms with Crippen molar-refractivity contribution in [3.63, 3.8) is 0 Å². The van der Waals surface area contributed by atoms with E-state index in [-0.39, 0.29) is 30.8 Å². The summed E-state index contributed by atoms with van der Waals surface area (Å²) < 4.78 is 14.9. The number of carbonyl (C=O) groups excluding carboxylic acids is 1. The summed E-state index contributed by atoms with van der Waals surface area (Å²) in [6, 6.07) is 33.9. The van der Waals surface area contributed by atoms with E-state index < -0.39 is 6.29 Å². The Morgan fingerprint density at radius 1 is 0.830 bits per heavy atom. The van der Waals surface area contributed by atoms with Crippen LogP contribution in [0.4, 0.5) is 4.79 Å². The summed E-state index contributed by atoms with van der Waals surface area (Å²) in [5, 5.41) is 27.9. The third-order valence-corrected chi connectivity index (χ3v) is 9.37. The lowest BCUT2D eigenvalue weighted by molar-refractivity contribution is -0.268. The van der Waals surface area contributed by atoms with Crippen molar-refractivity contribution < 1.29 is 19.4 Å². The van der Waals surface area contributed by atoms with Gasteiger partial charge in [-0.1, -0.05) is 116 Å². The zero-order chi connectivity index (χ0) is 32.6. The van der Waals surface area contributed by atoms with Crippen LogP contribution in [0.15, 0.2) is 108 Å². The molecule has 1 aliphatic heterocycles. The van der Waals surface area contributed by atoms with E-state index in [4.69, 9.17) is 9.47 Å². The Morgan fingerprint density at radius 3 is 2.23 bits per heavy atom. The Kier molecular flexibility index (Phi) is 10.6. The second kappa shape index (κ2) is 15.4. The van der Waals surface area contributed by atoms with Crippen molar-refractivity contribution in [2.24, 2.45) is 13.0 Å². The molecule has 6 rings (SSSR count). The number of rotatable bonds is 11. The monoisotopic (exact) mass is 650 g/mol. The van der Waals surface area contributed by atoms with E-state index in [1.54, 1.807) is 16.4 Å². The molecule has 2 amide bonds. The predicted octanol–water partition coefficient (Wildman–Crippen LogP) is 5.95. The van der Waals surface area contributed by atoms with Crippen molar-refractivity contribution in [2.75, 3.05) is 5.75 Å². The van der Waals surface area contributed by atoms with Gasteiger partial charge in [0.25, 0.3) is 0 Å². The van der Waals surface area contributed by atoms with Crippen LogP contribution in [0, 0.1) is 5.92 Å². The molecular weight excluding hydrogens is 613 g/mol. The maximum Gasteiger partial charge on any atom is 0.315 e. The molecule has 4 unspecified atom stereocenters. The molecule has 0 spiro atoms. The number of nitrogens with one attached hydrogen (secondary N) is 2. The molecule has 10 nitrogen and oxygen atoms in total. The van der Waals surface area contributed by atoms with Gasteiger partial charge >= 0.3 is 6.03 Å². The molecule has 2 heterocycles. The van der Waals surface area contributed by atoms with Gasteiger partial charge in [0.2, 0.25) is 5.16 Å². The first-order chi connectivity index (χ1) is 23.0. The van der Waals surface area contributed by atoms with Crippen LogP contribution in [0.25, 0.3) is 11.1 Å². The summed E-state index contributed by atoms with van der Waals surface area (Å²) in [6.07, 6.45) is -0.916. The van der Waals surface area contributed by atoms with Gasteiger partial charge in [-0.05, 0) is 49.9 Å². The maximum absolute atomic E-state index is 12.4. The summed E-state index contributed by atoms with van der Waals surface area (Å²) in [5.74, 6) is 0.708. The Hall–Kier alpha value is -4.55. The molecule has 47 heavy (non-hydrogen) atoms. The number of aliphatic hydroxyl groups excluding tert-OH is 1. The molecular formula is C36H38N6O4S. The van der Waals surface area contributed by atoms with E-state index in [1.807, 2.05) is 85.9 Å². The standard InChI is InChI=1S/C36H38N6O4S/c1-24-32(23-47-36-39-40-41-42(36)2)45-34(46-33(24)29-13-11-26(22-43)12-14-29)30-17-15-28(16-18-30)31-10-6-9-27(19-31)21-38-35(44)37-20-25-7-4-3-5-8-25/h3-19,24,32-34,43H,20-23H2,1-2H3,(H2,37,38,44). The highest BCUT2D eigenvalue weighted by molar-refractivity contribution is 7.99. The molecule has 1 saturated heterocycles. The van der Waals surface area contributed by atoms with Crippen molar-refractivity contribution in [1.82, 2.24) is 30.8 Å². The van der Waals surface area contributed by atoms with Gasteiger partial charge in [-0.2, -0.15) is 0 Å². The molecule has 3 N–H and O–H groups in total. The predicted molar refractivity (Wildman–Crippen MR) is 180 cm³/mol. The molecule has 242 valence electrons. The second-order valence-electron chi connectivity index (χ2n) is 11.6. The van der Waals surface area contributed by atoms with Gasteiger partial charge in [-0.25, -0.2) is 9.48 Å². The van der Waals surface area contributed by atoms with Crippen LogP contribution >= 0.6 is 11.8 Å². The third-order valence-electron chi connectivity index (χ3n) is 8.27. The number of hydrogen-bond donors (Lipinski definition) is 3. The van der Waals surface area contributed by atoms with Crippen molar-refractivity contribution in [3.8, 4) is 11.1 Å². The number of benzene rings is 4. The molecule has 4 atom stereocenters. The number of amides is 2. The number of carbonyl (C=O) groups is 1. The molecule has 5 aromatic rings. The van der Waals surface area contributed by atoms with Crippen LogP contribution in [-0.2, 0) is 36.2 Å². The Bertz CT molecular complexity index is 1750. The van der Waals surface area contributed by atoms with Crippen LogP contribution in [0.3, 0.4) is 0 Å². The summed E-state index contributed by atoms with van der Waals surface area (Å²) in [5.41, 5.74) is 6.96. The summed E-state index contributed by atoms with van der Waals surface area (Å²) in [7, 11) is 1.82. The van der Waals surface area contributed by atoms with Gasteiger partial charge in [0.05, 0.1) is 18.8 Å². The van der Waals surface area contributed by atoms with Gasteiger partial charge in [0.1, 0.15) is 0 Å². The number of aromatic nitrogens is 4. The van der Waals surface area contributed by atoms with E-state index >= 15 is 0 Å². The molecule has 0 radical (unpaired) electrons. The number of urea groups is 1. The highest BCUT2D eigenvalue weighted by Gasteiger charge is 2.38. The minimum absolute atomic E-state index is 0.00600. The van der Waals surface area contributed by atoms with Crippen molar-refractivity contribution >= 4 is 17.8 Å². The highest BCUT2D eigenvalue weighted by atomic mass is 32.2. The molecule has 0 saturated carbocycles. The summed E-state index contributed by atoms with van der Waals surface area (Å²) in [4.78, 5) is 12.4. The Morgan fingerprint density at radius 2 is 1.53 bits per heavy atom. The van der Waals surface area contributed by atoms with E-state index in [2.05, 4.69) is 57.3 Å². The number of tetrazole rings is 1. The zero-order valence-corrected chi connectivity index (χ0v) is 27.1. The maximum atomic E-state index is 12.4. The lowest BCUT2D eigenvalue weighted by Crippen LogP contribution is -2.38. The van der Waals surface area contributed by atoms with Crippen molar-refractivity contribution in [1.29, 1.82) is 0 Å². The first kappa shape index (κ1) is 32.4. The zero-order valence-electron chi connectivity index (χ0n) is 26.3. The fourth-order valence-corrected chi connectivity index (χ4v) is 6.54. The first-order valence-electron chi connectivity index (χ1n) is 15.6. The van der Waals surface area contributed by atoms with E-state index in [1.165, 1.54) is 0 Å². The fourth-order valence-electron chi connectivity index (χ4n) is 5.53. The van der Waals surface area contributed by atoms with Crippen LogP contribution in [0.2, 0.25) is 0 Å². The molecule has 0 aliphatic carbocycles. The molecule has 1 aliphatic rings. The minimum Gasteiger partial charge on any atom is -0.392 e. The van der Waals surface area contributed by atoms with Gasteiger partial charge in [-0.15, -0.1) is 5.10 Å². The summed E-state index contributed by atoms with van der Waals surface area (Å²) >= 11 is 1.56. The normalized spacial score (nSPS) is 19.3. The van der Waals surface area contributed by atoms with E-state index in [0.29, 0.717) is 18.8 Å². The average molecular weight is 651 g/mol. The molecule has 0 bridgehead atoms. The Balaban J connectivity index is 1.13. The van der Waals surface area contributed by atoms with Gasteiger partial charge in [0, 0.05) is 37.4 Å². The number of aliphatic hydroxyl groups is 1. The average Bonchev–Trinajstić information content (AvgIpc) is 3.54. The molecule has 4 aromatic carbocycles. The molecule has 1 fully saturated rings. The number of ether oxygens (including phenoxy) is 2. The van der Waals surface area contributed by atoms with E-state index in [9.17, 15) is 9.90 Å². The molecule has 1 aromatic heterocycles. The van der Waals surface area contributed by atoms with Gasteiger partial charge in [-0.3, -0.25) is 0 Å². The Labute approximate surface area is 278 Å². The largest absolute Gasteiger partial charge is 0.392 e. The van der Waals surface area contributed by atoms with Crippen LogP contribution < -0.4 is 10.6 Å². The number of nitrogens with zero attached hydrogens (tertiary/aromatic N) is 4. The lowest BCUT2D eigenvalue weighted by atomic mass is 9.91.